The summed E-state index contributed by atoms with van der Waals surface area (Å²) in [5.74, 6) is 1.66. The van der Waals surface area contributed by atoms with Gasteiger partial charge >= 0.3 is 0 Å². The molecule has 1 aromatic rings. The molecule has 2 N–H and O–H groups in total. The second-order valence-corrected chi connectivity index (χ2v) is 5.56. The molecule has 1 aliphatic rings. The van der Waals surface area contributed by atoms with Gasteiger partial charge in [-0.3, -0.25) is 4.90 Å². The molecule has 106 valence electrons. The lowest BCUT2D eigenvalue weighted by Crippen LogP contribution is -2.49. The van der Waals surface area contributed by atoms with Crippen LogP contribution in [0.1, 0.15) is 25.3 Å². The smallest absolute Gasteiger partial charge is 0.118 e. The van der Waals surface area contributed by atoms with Gasteiger partial charge in [-0.15, -0.1) is 0 Å². The first-order valence-electron chi connectivity index (χ1n) is 7.31. The van der Waals surface area contributed by atoms with E-state index in [9.17, 15) is 0 Å². The molecule has 0 amide bonds. The maximum atomic E-state index is 5.93. The minimum atomic E-state index is 0.562. The van der Waals surface area contributed by atoms with Gasteiger partial charge in [0, 0.05) is 19.1 Å². The van der Waals surface area contributed by atoms with Crippen molar-refractivity contribution in [2.75, 3.05) is 26.7 Å². The van der Waals surface area contributed by atoms with Crippen LogP contribution in [0.4, 0.5) is 0 Å². The van der Waals surface area contributed by atoms with E-state index in [2.05, 4.69) is 24.0 Å². The summed E-state index contributed by atoms with van der Waals surface area (Å²) < 4.78 is 5.19. The van der Waals surface area contributed by atoms with E-state index in [4.69, 9.17) is 10.5 Å². The third kappa shape index (κ3) is 3.71. The molecule has 19 heavy (non-hydrogen) atoms. The van der Waals surface area contributed by atoms with E-state index in [1.165, 1.54) is 24.9 Å². The summed E-state index contributed by atoms with van der Waals surface area (Å²) >= 11 is 0. The Balaban J connectivity index is 1.89. The van der Waals surface area contributed by atoms with Crippen molar-refractivity contribution in [1.29, 1.82) is 0 Å². The van der Waals surface area contributed by atoms with Crippen molar-refractivity contribution in [2.45, 2.75) is 32.2 Å². The summed E-state index contributed by atoms with van der Waals surface area (Å²) in [7, 11) is 1.70. The third-order valence-electron chi connectivity index (χ3n) is 4.32. The van der Waals surface area contributed by atoms with Gasteiger partial charge in [0.2, 0.25) is 0 Å². The van der Waals surface area contributed by atoms with Gasteiger partial charge in [-0.2, -0.15) is 0 Å². The number of hydrogen-bond donors (Lipinski definition) is 1. The maximum absolute atomic E-state index is 5.93. The van der Waals surface area contributed by atoms with Crippen molar-refractivity contribution < 1.29 is 4.74 Å². The molecule has 0 spiro atoms. The number of nitrogens with two attached hydrogens (primary N) is 1. The van der Waals surface area contributed by atoms with Gasteiger partial charge in [0.15, 0.2) is 0 Å². The fraction of sp³-hybridized carbons (Fsp3) is 0.625. The van der Waals surface area contributed by atoms with Crippen LogP contribution in [0, 0.1) is 5.92 Å². The van der Waals surface area contributed by atoms with E-state index >= 15 is 0 Å². The Morgan fingerprint density at radius 2 is 2.05 bits per heavy atom. The molecular weight excluding hydrogens is 236 g/mol. The van der Waals surface area contributed by atoms with Crippen LogP contribution in [0.2, 0.25) is 0 Å². The van der Waals surface area contributed by atoms with Crippen molar-refractivity contribution in [3.8, 4) is 5.75 Å². The molecule has 2 unspecified atom stereocenters. The Labute approximate surface area is 116 Å². The summed E-state index contributed by atoms with van der Waals surface area (Å²) in [6, 6.07) is 8.95. The average Bonchev–Trinajstić information content (AvgIpc) is 2.45. The molecule has 1 saturated heterocycles. The van der Waals surface area contributed by atoms with Crippen LogP contribution in [0.5, 0.6) is 5.75 Å². The van der Waals surface area contributed by atoms with E-state index in [1.54, 1.807) is 7.11 Å². The monoisotopic (exact) mass is 262 g/mol. The number of rotatable bonds is 5. The number of ether oxygens (including phenoxy) is 1. The van der Waals surface area contributed by atoms with Gasteiger partial charge in [0.05, 0.1) is 7.11 Å². The minimum Gasteiger partial charge on any atom is -0.497 e. The van der Waals surface area contributed by atoms with Crippen LogP contribution < -0.4 is 10.5 Å². The number of piperidine rings is 1. The predicted molar refractivity (Wildman–Crippen MR) is 79.5 cm³/mol. The minimum absolute atomic E-state index is 0.562. The van der Waals surface area contributed by atoms with Crippen LogP contribution in [0.15, 0.2) is 24.3 Å². The Bertz CT molecular complexity index is 377. The lowest BCUT2D eigenvalue weighted by molar-refractivity contribution is 0.108. The number of methoxy groups -OCH3 is 1. The molecular formula is C16H26N2O. The standard InChI is InChI=1S/C16H26N2O/c1-13-4-3-10-18(16(13)12-17)11-9-14-5-7-15(19-2)8-6-14/h5-8,13,16H,3-4,9-12,17H2,1-2H3. The number of hydrogen-bond acceptors (Lipinski definition) is 3. The Morgan fingerprint density at radius 3 is 2.68 bits per heavy atom. The number of nitrogens with zero attached hydrogens (tertiary/aromatic N) is 1. The molecule has 2 atom stereocenters. The van der Waals surface area contributed by atoms with Gasteiger partial charge in [0.1, 0.15) is 5.75 Å². The third-order valence-corrected chi connectivity index (χ3v) is 4.32. The van der Waals surface area contributed by atoms with Gasteiger partial charge in [-0.1, -0.05) is 19.1 Å². The molecule has 2 rings (SSSR count). The number of benzene rings is 1. The fourth-order valence-corrected chi connectivity index (χ4v) is 3.06. The molecule has 0 saturated carbocycles. The SMILES string of the molecule is COc1ccc(CCN2CCCC(C)C2CN)cc1. The quantitative estimate of drug-likeness (QED) is 0.885. The Hall–Kier alpha value is -1.06. The van der Waals surface area contributed by atoms with Crippen molar-refractivity contribution in [1.82, 2.24) is 4.90 Å². The summed E-state index contributed by atoms with van der Waals surface area (Å²) in [5.41, 5.74) is 7.30. The number of likely N-dealkylation sites (tertiary alicyclic amines) is 1. The fourth-order valence-electron chi connectivity index (χ4n) is 3.06. The topological polar surface area (TPSA) is 38.5 Å². The first-order valence-corrected chi connectivity index (χ1v) is 7.31. The highest BCUT2D eigenvalue weighted by molar-refractivity contribution is 5.27. The molecule has 0 radical (unpaired) electrons. The molecule has 3 nitrogen and oxygen atoms in total. The largest absolute Gasteiger partial charge is 0.497 e. The zero-order chi connectivity index (χ0) is 13.7. The van der Waals surface area contributed by atoms with Crippen LogP contribution >= 0.6 is 0 Å². The molecule has 1 heterocycles. The molecule has 1 aromatic carbocycles. The first kappa shape index (κ1) is 14.4. The van der Waals surface area contributed by atoms with Gasteiger partial charge < -0.3 is 10.5 Å². The van der Waals surface area contributed by atoms with Crippen molar-refractivity contribution >= 4 is 0 Å². The predicted octanol–water partition coefficient (Wildman–Crippen LogP) is 2.30. The lowest BCUT2D eigenvalue weighted by Gasteiger charge is -2.39. The first-order chi connectivity index (χ1) is 9.24. The molecule has 1 fully saturated rings. The van der Waals surface area contributed by atoms with Crippen LogP contribution in [-0.4, -0.2) is 37.7 Å². The van der Waals surface area contributed by atoms with Crippen LogP contribution in [0.3, 0.4) is 0 Å². The van der Waals surface area contributed by atoms with Gasteiger partial charge in [0.25, 0.3) is 0 Å². The highest BCUT2D eigenvalue weighted by Gasteiger charge is 2.26. The van der Waals surface area contributed by atoms with E-state index in [0.29, 0.717) is 6.04 Å². The average molecular weight is 262 g/mol. The molecule has 0 aliphatic carbocycles. The second-order valence-electron chi connectivity index (χ2n) is 5.56. The normalized spacial score (nSPS) is 24.4. The summed E-state index contributed by atoms with van der Waals surface area (Å²) in [5, 5.41) is 0. The van der Waals surface area contributed by atoms with E-state index in [-0.39, 0.29) is 0 Å². The summed E-state index contributed by atoms with van der Waals surface area (Å²) in [6.45, 7) is 5.42. The van der Waals surface area contributed by atoms with E-state index in [1.807, 2.05) is 12.1 Å². The molecule has 0 aromatic heterocycles. The maximum Gasteiger partial charge on any atom is 0.118 e. The second kappa shape index (κ2) is 6.92. The van der Waals surface area contributed by atoms with Gasteiger partial charge in [-0.05, 0) is 49.4 Å². The van der Waals surface area contributed by atoms with E-state index < -0.39 is 0 Å². The van der Waals surface area contributed by atoms with E-state index in [0.717, 1.165) is 31.2 Å². The zero-order valence-corrected chi connectivity index (χ0v) is 12.1. The Kier molecular flexibility index (Phi) is 5.23. The molecule has 3 heteroatoms. The summed E-state index contributed by atoms with van der Waals surface area (Å²) in [4.78, 5) is 2.57. The highest BCUT2D eigenvalue weighted by Crippen LogP contribution is 2.23. The van der Waals surface area contributed by atoms with Crippen molar-refractivity contribution in [3.63, 3.8) is 0 Å². The molecule has 1 aliphatic heterocycles. The Morgan fingerprint density at radius 1 is 1.32 bits per heavy atom. The summed E-state index contributed by atoms with van der Waals surface area (Å²) in [6.07, 6.45) is 3.72. The zero-order valence-electron chi connectivity index (χ0n) is 12.1. The van der Waals surface area contributed by atoms with Crippen LogP contribution in [0.25, 0.3) is 0 Å². The van der Waals surface area contributed by atoms with Crippen LogP contribution in [-0.2, 0) is 6.42 Å². The van der Waals surface area contributed by atoms with Crippen molar-refractivity contribution in [2.24, 2.45) is 11.7 Å². The highest BCUT2D eigenvalue weighted by atomic mass is 16.5. The molecule has 0 bridgehead atoms. The van der Waals surface area contributed by atoms with Gasteiger partial charge in [-0.25, -0.2) is 0 Å². The van der Waals surface area contributed by atoms with Crippen molar-refractivity contribution in [3.05, 3.63) is 29.8 Å². The lowest BCUT2D eigenvalue weighted by atomic mass is 9.90.